The van der Waals surface area contributed by atoms with Crippen molar-refractivity contribution in [3.05, 3.63) is 69.5 Å². The Labute approximate surface area is 181 Å². The summed E-state index contributed by atoms with van der Waals surface area (Å²) >= 11 is 3.50. The number of aromatic amines is 3. The molecule has 4 rings (SSSR count). The molecule has 3 N–H and O–H groups in total. The van der Waals surface area contributed by atoms with Crippen molar-refractivity contribution in [2.24, 2.45) is 10.4 Å². The summed E-state index contributed by atoms with van der Waals surface area (Å²) in [5.74, 6) is 0.592. The maximum absolute atomic E-state index is 4.89. The summed E-state index contributed by atoms with van der Waals surface area (Å²) in [6, 6.07) is 13.4. The van der Waals surface area contributed by atoms with Gasteiger partial charge >= 0.3 is 0 Å². The summed E-state index contributed by atoms with van der Waals surface area (Å²) in [6.07, 6.45) is 2.08. The van der Waals surface area contributed by atoms with E-state index in [-0.39, 0.29) is 5.41 Å². The fourth-order valence-corrected chi connectivity index (χ4v) is 4.89. The number of nitrogens with zero attached hydrogens (tertiary/aromatic N) is 1. The van der Waals surface area contributed by atoms with Crippen molar-refractivity contribution in [3.63, 3.8) is 0 Å². The number of aromatic nitrogens is 3. The van der Waals surface area contributed by atoms with E-state index in [0.29, 0.717) is 17.9 Å². The van der Waals surface area contributed by atoms with Crippen LogP contribution in [0.4, 0.5) is 0 Å². The van der Waals surface area contributed by atoms with Crippen LogP contribution in [0.15, 0.2) is 46.0 Å². The van der Waals surface area contributed by atoms with Crippen LogP contribution in [0.1, 0.15) is 81.3 Å². The predicted molar refractivity (Wildman–Crippen MR) is 124 cm³/mol. The van der Waals surface area contributed by atoms with Crippen molar-refractivity contribution in [2.45, 2.75) is 65.3 Å². The van der Waals surface area contributed by atoms with Gasteiger partial charge in [-0.1, -0.05) is 27.7 Å². The molecule has 0 saturated heterocycles. The lowest BCUT2D eigenvalue weighted by Gasteiger charge is -2.24. The van der Waals surface area contributed by atoms with Crippen molar-refractivity contribution in [3.8, 4) is 0 Å². The smallest absolute Gasteiger partial charge is 0.0822 e. The Kier molecular flexibility index (Phi) is 5.36. The minimum atomic E-state index is 0.248. The Morgan fingerprint density at radius 1 is 0.931 bits per heavy atom. The quantitative estimate of drug-likeness (QED) is 0.378. The topological polar surface area (TPSA) is 59.7 Å². The van der Waals surface area contributed by atoms with Gasteiger partial charge in [0, 0.05) is 52.4 Å². The zero-order valence-electron chi connectivity index (χ0n) is 17.9. The Morgan fingerprint density at radius 2 is 1.48 bits per heavy atom. The lowest BCUT2D eigenvalue weighted by Crippen LogP contribution is -2.25. The first kappa shape index (κ1) is 20.3. The monoisotopic (exact) mass is 454 g/mol. The maximum atomic E-state index is 4.89. The molecule has 0 fully saturated rings. The second-order valence-corrected chi connectivity index (χ2v) is 10.1. The Bertz CT molecular complexity index is 1020. The van der Waals surface area contributed by atoms with Gasteiger partial charge in [-0.25, -0.2) is 0 Å². The van der Waals surface area contributed by atoms with Gasteiger partial charge in [0.2, 0.25) is 0 Å². The molecular weight excluding hydrogens is 424 g/mol. The molecule has 1 aliphatic heterocycles. The molecule has 3 aromatic rings. The van der Waals surface area contributed by atoms with Gasteiger partial charge in [0.25, 0.3) is 0 Å². The molecule has 0 bridgehead atoms. The molecule has 3 aromatic heterocycles. The van der Waals surface area contributed by atoms with Crippen LogP contribution in [0.5, 0.6) is 0 Å². The molecule has 29 heavy (non-hydrogen) atoms. The average Bonchev–Trinajstić information content (AvgIpc) is 3.42. The molecule has 5 heteroatoms. The summed E-state index contributed by atoms with van der Waals surface area (Å²) in [5, 5.41) is 0. The van der Waals surface area contributed by atoms with Crippen LogP contribution in [0.2, 0.25) is 0 Å². The Hall–Kier alpha value is -2.01. The molecule has 1 aliphatic rings. The SMILES string of the molecule is CC1=NC(Cc2ccc(C(C)c3ccc(C(C)c4ccc(Br)[nH]4)[nH]3)[nH]2)C(C)(C)C1. The number of nitrogens with one attached hydrogen (secondary N) is 3. The van der Waals surface area contributed by atoms with E-state index in [9.17, 15) is 0 Å². The molecule has 0 aromatic carbocycles. The van der Waals surface area contributed by atoms with Crippen LogP contribution in [0.25, 0.3) is 0 Å². The maximum Gasteiger partial charge on any atom is 0.0822 e. The van der Waals surface area contributed by atoms with Crippen LogP contribution in [0, 0.1) is 5.41 Å². The minimum Gasteiger partial charge on any atom is -0.362 e. The largest absolute Gasteiger partial charge is 0.362 e. The summed E-state index contributed by atoms with van der Waals surface area (Å²) in [6.45, 7) is 11.3. The van der Waals surface area contributed by atoms with Crippen molar-refractivity contribution in [1.82, 2.24) is 15.0 Å². The number of rotatable bonds is 6. The van der Waals surface area contributed by atoms with E-state index >= 15 is 0 Å². The second-order valence-electron chi connectivity index (χ2n) is 9.26. The van der Waals surface area contributed by atoms with E-state index in [1.54, 1.807) is 0 Å². The van der Waals surface area contributed by atoms with Crippen molar-refractivity contribution in [1.29, 1.82) is 0 Å². The van der Waals surface area contributed by atoms with Crippen LogP contribution in [-0.4, -0.2) is 26.7 Å². The van der Waals surface area contributed by atoms with Crippen LogP contribution >= 0.6 is 15.9 Å². The van der Waals surface area contributed by atoms with Crippen LogP contribution in [-0.2, 0) is 6.42 Å². The second kappa shape index (κ2) is 7.67. The highest BCUT2D eigenvalue weighted by Crippen LogP contribution is 2.36. The van der Waals surface area contributed by atoms with Crippen molar-refractivity contribution in [2.75, 3.05) is 0 Å². The highest BCUT2D eigenvalue weighted by atomic mass is 79.9. The van der Waals surface area contributed by atoms with E-state index in [2.05, 4.69) is 102 Å². The molecule has 0 aliphatic carbocycles. The van der Waals surface area contributed by atoms with Gasteiger partial charge in [-0.15, -0.1) is 0 Å². The molecule has 0 amide bonds. The van der Waals surface area contributed by atoms with Gasteiger partial charge < -0.3 is 15.0 Å². The molecule has 154 valence electrons. The van der Waals surface area contributed by atoms with Crippen LogP contribution in [0.3, 0.4) is 0 Å². The molecule has 0 radical (unpaired) electrons. The highest BCUT2D eigenvalue weighted by molar-refractivity contribution is 9.10. The lowest BCUT2D eigenvalue weighted by molar-refractivity contribution is 0.320. The van der Waals surface area contributed by atoms with E-state index in [4.69, 9.17) is 4.99 Å². The zero-order chi connectivity index (χ0) is 20.8. The van der Waals surface area contributed by atoms with Gasteiger partial charge in [-0.2, -0.15) is 0 Å². The van der Waals surface area contributed by atoms with E-state index in [0.717, 1.165) is 17.4 Å². The third kappa shape index (κ3) is 4.16. The summed E-state index contributed by atoms with van der Waals surface area (Å²) in [4.78, 5) is 15.6. The fraction of sp³-hybridized carbons (Fsp3) is 0.458. The van der Waals surface area contributed by atoms with Gasteiger partial charge in [0.05, 0.1) is 10.6 Å². The van der Waals surface area contributed by atoms with Gasteiger partial charge in [-0.3, -0.25) is 4.99 Å². The molecule has 0 saturated carbocycles. The Morgan fingerprint density at radius 3 is 2.03 bits per heavy atom. The van der Waals surface area contributed by atoms with E-state index in [1.165, 1.54) is 34.2 Å². The molecule has 0 spiro atoms. The highest BCUT2D eigenvalue weighted by Gasteiger charge is 2.35. The van der Waals surface area contributed by atoms with E-state index in [1.807, 2.05) is 0 Å². The predicted octanol–water partition coefficient (Wildman–Crippen LogP) is 6.54. The number of halogens is 1. The van der Waals surface area contributed by atoms with Gasteiger partial charge in [-0.05, 0) is 71.1 Å². The number of H-pyrrole nitrogens is 3. The molecular formula is C24H31BrN4. The summed E-state index contributed by atoms with van der Waals surface area (Å²) in [7, 11) is 0. The third-order valence-electron chi connectivity index (χ3n) is 6.44. The molecule has 3 unspecified atom stereocenters. The normalized spacial score (nSPS) is 20.6. The average molecular weight is 455 g/mol. The zero-order valence-corrected chi connectivity index (χ0v) is 19.5. The number of hydrogen-bond acceptors (Lipinski definition) is 1. The van der Waals surface area contributed by atoms with Crippen molar-refractivity contribution < 1.29 is 0 Å². The van der Waals surface area contributed by atoms with E-state index < -0.39 is 0 Å². The molecule has 4 nitrogen and oxygen atoms in total. The minimum absolute atomic E-state index is 0.248. The molecule has 4 heterocycles. The Balaban J connectivity index is 1.47. The van der Waals surface area contributed by atoms with Gasteiger partial charge in [0.1, 0.15) is 0 Å². The van der Waals surface area contributed by atoms with Crippen molar-refractivity contribution >= 4 is 21.6 Å². The third-order valence-corrected chi connectivity index (χ3v) is 6.90. The lowest BCUT2D eigenvalue weighted by atomic mass is 9.81. The summed E-state index contributed by atoms with van der Waals surface area (Å²) in [5.41, 5.74) is 7.72. The van der Waals surface area contributed by atoms with Crippen LogP contribution < -0.4 is 0 Å². The first-order valence-corrected chi connectivity index (χ1v) is 11.3. The standard InChI is InChI=1S/C24H31BrN4/c1-14-13-24(4,5)22(26-14)12-17-6-7-18(27-17)15(2)19-8-9-20(28-19)16(3)21-10-11-23(25)29-21/h6-11,15-16,22,27-29H,12-13H2,1-5H3. The number of hydrogen-bond donors (Lipinski definition) is 3. The number of aliphatic imine (C=N–C) groups is 1. The molecule has 3 atom stereocenters. The fourth-order valence-electron chi connectivity index (χ4n) is 4.53. The summed E-state index contributed by atoms with van der Waals surface area (Å²) < 4.78 is 1.02. The first-order valence-electron chi connectivity index (χ1n) is 10.5. The van der Waals surface area contributed by atoms with Gasteiger partial charge in [0.15, 0.2) is 0 Å². The first-order chi connectivity index (χ1) is 13.7.